The summed E-state index contributed by atoms with van der Waals surface area (Å²) < 4.78 is 0. The number of hydrogen-bond acceptors (Lipinski definition) is 2. The van der Waals surface area contributed by atoms with Crippen LogP contribution in [0.15, 0.2) is 31.0 Å². The van der Waals surface area contributed by atoms with Gasteiger partial charge in [0.05, 0.1) is 0 Å². The van der Waals surface area contributed by atoms with Gasteiger partial charge in [-0.15, -0.1) is 0 Å². The average Bonchev–Trinajstić information content (AvgIpc) is 2.10. The Morgan fingerprint density at radius 1 is 1.64 bits per heavy atom. The molecule has 1 aliphatic rings. The topological polar surface area (TPSA) is 24.1 Å². The summed E-state index contributed by atoms with van der Waals surface area (Å²) in [6.07, 6.45) is 2.81. The Hall–Kier alpha value is -1.44. The Morgan fingerprint density at radius 2 is 2.50 bits per heavy atom. The molecule has 14 heavy (non-hydrogen) atoms. The molecule has 0 saturated carbocycles. The lowest BCUT2D eigenvalue weighted by Crippen LogP contribution is -2.23. The summed E-state index contributed by atoms with van der Waals surface area (Å²) in [5, 5.41) is 6.46. The number of nitrogens with one attached hydrogen (secondary N) is 2. The normalized spacial score (nSPS) is 14.6. The summed E-state index contributed by atoms with van der Waals surface area (Å²) in [6.45, 7) is 6.85. The molecule has 2 rings (SSSR count). The standard InChI is InChI=1S/C12H16N2/c1-3-13-9(2)6-10-4-5-12-11(7-10)8-14-12/h3-5,7,9,13-14H,1,6,8H2,2H3. The monoisotopic (exact) mass is 188 g/mol. The molecule has 2 N–H and O–H groups in total. The Kier molecular flexibility index (Phi) is 2.44. The van der Waals surface area contributed by atoms with Crippen LogP contribution in [0.5, 0.6) is 0 Å². The van der Waals surface area contributed by atoms with Crippen LogP contribution >= 0.6 is 0 Å². The van der Waals surface area contributed by atoms with Crippen molar-refractivity contribution in [2.24, 2.45) is 0 Å². The van der Waals surface area contributed by atoms with Gasteiger partial charge in [-0.3, -0.25) is 0 Å². The predicted molar refractivity (Wildman–Crippen MR) is 60.3 cm³/mol. The third kappa shape index (κ3) is 1.74. The molecule has 0 spiro atoms. The van der Waals surface area contributed by atoms with Crippen molar-refractivity contribution in [1.29, 1.82) is 0 Å². The molecular formula is C12H16N2. The van der Waals surface area contributed by atoms with E-state index >= 15 is 0 Å². The van der Waals surface area contributed by atoms with Crippen LogP contribution in [0.3, 0.4) is 0 Å². The lowest BCUT2D eigenvalue weighted by molar-refractivity contribution is 0.636. The van der Waals surface area contributed by atoms with Gasteiger partial charge in [0.2, 0.25) is 0 Å². The molecule has 1 atom stereocenters. The van der Waals surface area contributed by atoms with Gasteiger partial charge in [-0.2, -0.15) is 0 Å². The maximum absolute atomic E-state index is 3.66. The fourth-order valence-corrected chi connectivity index (χ4v) is 1.79. The summed E-state index contributed by atoms with van der Waals surface area (Å²) in [4.78, 5) is 0. The van der Waals surface area contributed by atoms with Crippen LogP contribution in [0, 0.1) is 0 Å². The summed E-state index contributed by atoms with van der Waals surface area (Å²) in [7, 11) is 0. The van der Waals surface area contributed by atoms with Crippen molar-refractivity contribution >= 4 is 5.69 Å². The second kappa shape index (κ2) is 3.74. The van der Waals surface area contributed by atoms with Gasteiger partial charge in [0.25, 0.3) is 0 Å². The largest absolute Gasteiger partial charge is 0.389 e. The first-order valence-electron chi connectivity index (χ1n) is 5.02. The first-order chi connectivity index (χ1) is 6.79. The van der Waals surface area contributed by atoms with Crippen LogP contribution in [0.4, 0.5) is 5.69 Å². The van der Waals surface area contributed by atoms with E-state index in [1.807, 2.05) is 0 Å². The Bertz CT molecular complexity index is 344. The van der Waals surface area contributed by atoms with E-state index in [1.165, 1.54) is 16.8 Å². The highest BCUT2D eigenvalue weighted by Crippen LogP contribution is 2.26. The molecule has 1 unspecified atom stereocenters. The lowest BCUT2D eigenvalue weighted by Gasteiger charge is -2.22. The summed E-state index contributed by atoms with van der Waals surface area (Å²) in [6, 6.07) is 7.09. The van der Waals surface area contributed by atoms with Crippen LogP contribution in [0.2, 0.25) is 0 Å². The van der Waals surface area contributed by atoms with E-state index in [0.717, 1.165) is 13.0 Å². The fourth-order valence-electron chi connectivity index (χ4n) is 1.79. The molecular weight excluding hydrogens is 172 g/mol. The van der Waals surface area contributed by atoms with Gasteiger partial charge < -0.3 is 10.6 Å². The van der Waals surface area contributed by atoms with E-state index < -0.39 is 0 Å². The van der Waals surface area contributed by atoms with Crippen LogP contribution in [0.25, 0.3) is 0 Å². The fraction of sp³-hybridized carbons (Fsp3) is 0.333. The van der Waals surface area contributed by atoms with Gasteiger partial charge in [0, 0.05) is 18.3 Å². The maximum atomic E-state index is 3.66. The van der Waals surface area contributed by atoms with Crippen molar-refractivity contribution < 1.29 is 0 Å². The Balaban J connectivity index is 2.02. The molecule has 2 heteroatoms. The average molecular weight is 188 g/mol. The zero-order valence-electron chi connectivity index (χ0n) is 8.51. The van der Waals surface area contributed by atoms with Crippen molar-refractivity contribution in [1.82, 2.24) is 5.32 Å². The predicted octanol–water partition coefficient (Wildman–Crippen LogP) is 2.28. The number of fused-ring (bicyclic) bond motifs is 1. The van der Waals surface area contributed by atoms with E-state index in [1.54, 1.807) is 6.20 Å². The van der Waals surface area contributed by atoms with Crippen molar-refractivity contribution in [2.75, 3.05) is 5.32 Å². The summed E-state index contributed by atoms with van der Waals surface area (Å²) in [5.74, 6) is 0. The molecule has 1 aromatic rings. The maximum Gasteiger partial charge on any atom is 0.0421 e. The zero-order chi connectivity index (χ0) is 9.97. The van der Waals surface area contributed by atoms with Crippen molar-refractivity contribution in [3.8, 4) is 0 Å². The van der Waals surface area contributed by atoms with E-state index in [2.05, 4.69) is 42.3 Å². The smallest absolute Gasteiger partial charge is 0.0421 e. The first kappa shape index (κ1) is 9.13. The lowest BCUT2D eigenvalue weighted by atomic mass is 9.99. The van der Waals surface area contributed by atoms with Crippen LogP contribution < -0.4 is 10.6 Å². The second-order valence-corrected chi connectivity index (χ2v) is 3.82. The highest BCUT2D eigenvalue weighted by molar-refractivity contribution is 5.60. The third-order valence-corrected chi connectivity index (χ3v) is 2.58. The second-order valence-electron chi connectivity index (χ2n) is 3.82. The minimum absolute atomic E-state index is 0.457. The molecule has 0 aliphatic carbocycles. The van der Waals surface area contributed by atoms with Gasteiger partial charge in [0.1, 0.15) is 0 Å². The van der Waals surface area contributed by atoms with Crippen molar-refractivity contribution in [3.63, 3.8) is 0 Å². The number of rotatable bonds is 4. The molecule has 2 nitrogen and oxygen atoms in total. The van der Waals surface area contributed by atoms with E-state index in [-0.39, 0.29) is 0 Å². The van der Waals surface area contributed by atoms with E-state index in [4.69, 9.17) is 0 Å². The highest BCUT2D eigenvalue weighted by Gasteiger charge is 2.12. The van der Waals surface area contributed by atoms with Crippen LogP contribution in [-0.4, -0.2) is 6.04 Å². The number of benzene rings is 1. The third-order valence-electron chi connectivity index (χ3n) is 2.58. The van der Waals surface area contributed by atoms with Gasteiger partial charge in [0.15, 0.2) is 0 Å². The first-order valence-corrected chi connectivity index (χ1v) is 5.02. The van der Waals surface area contributed by atoms with Gasteiger partial charge in [-0.25, -0.2) is 0 Å². The van der Waals surface area contributed by atoms with Crippen LogP contribution in [0.1, 0.15) is 18.1 Å². The SMILES string of the molecule is C=CNC(C)Cc1ccc2c(c1)CN2. The minimum Gasteiger partial charge on any atom is -0.389 e. The summed E-state index contributed by atoms with van der Waals surface area (Å²) >= 11 is 0. The van der Waals surface area contributed by atoms with Crippen molar-refractivity contribution in [3.05, 3.63) is 42.1 Å². The van der Waals surface area contributed by atoms with Crippen LogP contribution in [-0.2, 0) is 13.0 Å². The van der Waals surface area contributed by atoms with E-state index in [9.17, 15) is 0 Å². The van der Waals surface area contributed by atoms with Gasteiger partial charge >= 0.3 is 0 Å². The molecule has 0 amide bonds. The molecule has 0 radical (unpaired) electrons. The molecule has 0 bridgehead atoms. The molecule has 74 valence electrons. The molecule has 0 aromatic heterocycles. The minimum atomic E-state index is 0.457. The van der Waals surface area contributed by atoms with Gasteiger partial charge in [-0.05, 0) is 36.7 Å². The Morgan fingerprint density at radius 3 is 3.07 bits per heavy atom. The number of hydrogen-bond donors (Lipinski definition) is 2. The molecule has 1 aromatic carbocycles. The highest BCUT2D eigenvalue weighted by atomic mass is 14.9. The Labute approximate surface area is 85.0 Å². The molecule has 1 heterocycles. The quantitative estimate of drug-likeness (QED) is 0.757. The molecule has 1 aliphatic heterocycles. The zero-order valence-corrected chi connectivity index (χ0v) is 8.51. The van der Waals surface area contributed by atoms with Crippen molar-refractivity contribution in [2.45, 2.75) is 25.9 Å². The summed E-state index contributed by atoms with van der Waals surface area (Å²) in [5.41, 5.74) is 4.12. The number of anilines is 1. The molecule has 0 saturated heterocycles. The van der Waals surface area contributed by atoms with Gasteiger partial charge in [-0.1, -0.05) is 18.7 Å². The van der Waals surface area contributed by atoms with E-state index in [0.29, 0.717) is 6.04 Å². The molecule has 0 fully saturated rings.